The third kappa shape index (κ3) is 4.58. The largest absolute Gasteiger partial charge is 0.494 e. The Labute approximate surface area is 160 Å². The molecule has 0 bridgehead atoms. The van der Waals surface area contributed by atoms with Crippen molar-refractivity contribution in [1.29, 1.82) is 0 Å². The van der Waals surface area contributed by atoms with Crippen molar-refractivity contribution in [2.75, 3.05) is 6.61 Å². The first kappa shape index (κ1) is 18.8. The highest BCUT2D eigenvalue weighted by Gasteiger charge is 2.11. The number of ether oxygens (including phenoxy) is 1. The lowest BCUT2D eigenvalue weighted by molar-refractivity contribution is -0.384. The molecule has 0 aliphatic carbocycles. The van der Waals surface area contributed by atoms with Gasteiger partial charge in [-0.1, -0.05) is 12.1 Å². The van der Waals surface area contributed by atoms with Crippen molar-refractivity contribution in [3.05, 3.63) is 76.0 Å². The van der Waals surface area contributed by atoms with Crippen LogP contribution >= 0.6 is 0 Å². The van der Waals surface area contributed by atoms with Crippen LogP contribution in [-0.2, 0) is 0 Å². The molecule has 3 rings (SSSR count). The monoisotopic (exact) mass is 379 g/mol. The second-order valence-electron chi connectivity index (χ2n) is 5.68. The maximum atomic E-state index is 12.2. The van der Waals surface area contributed by atoms with Gasteiger partial charge in [-0.15, -0.1) is 0 Å². The van der Waals surface area contributed by atoms with Crippen LogP contribution in [0.4, 0.5) is 5.69 Å². The van der Waals surface area contributed by atoms with E-state index in [-0.39, 0.29) is 11.4 Å². The third-order valence-electron chi connectivity index (χ3n) is 3.74. The maximum Gasteiger partial charge on any atom is 0.289 e. The summed E-state index contributed by atoms with van der Waals surface area (Å²) in [5.41, 5.74) is 4.47. The van der Waals surface area contributed by atoms with Gasteiger partial charge in [-0.05, 0) is 37.3 Å². The second kappa shape index (κ2) is 8.58. The number of aromatic nitrogens is 2. The van der Waals surface area contributed by atoms with Gasteiger partial charge in [0, 0.05) is 23.3 Å². The number of hydrazone groups is 1. The molecule has 3 aromatic rings. The first-order valence-electron chi connectivity index (χ1n) is 8.43. The molecule has 0 aliphatic rings. The van der Waals surface area contributed by atoms with E-state index in [1.165, 1.54) is 18.3 Å². The van der Waals surface area contributed by atoms with Crippen LogP contribution in [0.1, 0.15) is 23.0 Å². The van der Waals surface area contributed by atoms with Crippen LogP contribution in [0, 0.1) is 10.1 Å². The third-order valence-corrected chi connectivity index (χ3v) is 3.74. The van der Waals surface area contributed by atoms with Crippen LogP contribution in [0.5, 0.6) is 5.75 Å². The molecular weight excluding hydrogens is 362 g/mol. The van der Waals surface area contributed by atoms with Gasteiger partial charge in [0.1, 0.15) is 11.4 Å². The van der Waals surface area contributed by atoms with Crippen molar-refractivity contribution in [2.24, 2.45) is 5.10 Å². The SMILES string of the molecule is CCOc1ccc(-c2cc(C(=O)N/N=C/c3cccc([N+](=O)[O-])c3)[nH]n2)cc1. The van der Waals surface area contributed by atoms with Crippen molar-refractivity contribution in [3.8, 4) is 17.0 Å². The number of benzene rings is 2. The van der Waals surface area contributed by atoms with E-state index in [1.807, 2.05) is 31.2 Å². The number of H-pyrrole nitrogens is 1. The van der Waals surface area contributed by atoms with Gasteiger partial charge in [-0.25, -0.2) is 5.43 Å². The number of hydrogen-bond donors (Lipinski definition) is 2. The van der Waals surface area contributed by atoms with E-state index in [0.29, 0.717) is 17.9 Å². The zero-order chi connectivity index (χ0) is 19.9. The maximum absolute atomic E-state index is 12.2. The van der Waals surface area contributed by atoms with E-state index in [2.05, 4.69) is 20.7 Å². The number of nitrogens with zero attached hydrogens (tertiary/aromatic N) is 3. The first-order valence-corrected chi connectivity index (χ1v) is 8.43. The molecule has 0 saturated carbocycles. The normalized spacial score (nSPS) is 10.8. The molecule has 0 radical (unpaired) electrons. The van der Waals surface area contributed by atoms with Gasteiger partial charge in [0.25, 0.3) is 11.6 Å². The molecule has 0 saturated heterocycles. The summed E-state index contributed by atoms with van der Waals surface area (Å²) in [5.74, 6) is 0.279. The van der Waals surface area contributed by atoms with Crippen LogP contribution in [-0.4, -0.2) is 33.8 Å². The average molecular weight is 379 g/mol. The molecule has 2 N–H and O–H groups in total. The highest BCUT2D eigenvalue weighted by Crippen LogP contribution is 2.21. The lowest BCUT2D eigenvalue weighted by Crippen LogP contribution is -2.18. The number of nitrogens with one attached hydrogen (secondary N) is 2. The molecule has 1 heterocycles. The Bertz CT molecular complexity index is 1010. The first-order chi connectivity index (χ1) is 13.6. The summed E-state index contributed by atoms with van der Waals surface area (Å²) in [5, 5.41) is 21.4. The highest BCUT2D eigenvalue weighted by atomic mass is 16.6. The Hall–Kier alpha value is -4.01. The van der Waals surface area contributed by atoms with Crippen LogP contribution in [0.15, 0.2) is 59.7 Å². The molecule has 1 aromatic heterocycles. The topological polar surface area (TPSA) is 123 Å². The van der Waals surface area contributed by atoms with Gasteiger partial charge in [0.15, 0.2) is 0 Å². The molecular formula is C19H17N5O4. The summed E-state index contributed by atoms with van der Waals surface area (Å²) in [4.78, 5) is 22.4. The Morgan fingerprint density at radius 1 is 1.29 bits per heavy atom. The van der Waals surface area contributed by atoms with Crippen LogP contribution < -0.4 is 10.2 Å². The summed E-state index contributed by atoms with van der Waals surface area (Å²) in [6.45, 7) is 2.50. The Balaban J connectivity index is 1.64. The van der Waals surface area contributed by atoms with Crippen LogP contribution in [0.25, 0.3) is 11.3 Å². The second-order valence-corrected chi connectivity index (χ2v) is 5.68. The molecule has 0 aliphatic heterocycles. The fourth-order valence-electron chi connectivity index (χ4n) is 2.42. The predicted octanol–water partition coefficient (Wildman–Crippen LogP) is 3.15. The summed E-state index contributed by atoms with van der Waals surface area (Å²) in [7, 11) is 0. The standard InChI is InChI=1S/C19H17N5O4/c1-2-28-16-8-6-14(7-9-16)17-11-18(22-21-17)19(25)23-20-12-13-4-3-5-15(10-13)24(26)27/h3-12H,2H2,1H3,(H,21,22)(H,23,25)/b20-12+. The summed E-state index contributed by atoms with van der Waals surface area (Å²) >= 11 is 0. The number of non-ortho nitro benzene ring substituents is 1. The molecule has 9 nitrogen and oxygen atoms in total. The molecule has 0 fully saturated rings. The van der Waals surface area contributed by atoms with Gasteiger partial charge in [0.05, 0.1) is 23.4 Å². The van der Waals surface area contributed by atoms with E-state index in [1.54, 1.807) is 18.2 Å². The van der Waals surface area contributed by atoms with Crippen molar-refractivity contribution >= 4 is 17.8 Å². The Morgan fingerprint density at radius 3 is 2.79 bits per heavy atom. The van der Waals surface area contributed by atoms with E-state index < -0.39 is 10.8 Å². The zero-order valence-corrected chi connectivity index (χ0v) is 15.0. The number of carbonyl (C=O) groups excluding carboxylic acids is 1. The molecule has 0 spiro atoms. The minimum atomic E-state index is -0.497. The molecule has 0 unspecified atom stereocenters. The van der Waals surface area contributed by atoms with E-state index in [4.69, 9.17) is 4.74 Å². The zero-order valence-electron chi connectivity index (χ0n) is 15.0. The number of carbonyl (C=O) groups is 1. The van der Waals surface area contributed by atoms with Crippen molar-refractivity contribution in [2.45, 2.75) is 6.92 Å². The van der Waals surface area contributed by atoms with E-state index in [0.717, 1.165) is 11.3 Å². The molecule has 28 heavy (non-hydrogen) atoms. The number of aromatic amines is 1. The number of hydrogen-bond acceptors (Lipinski definition) is 6. The molecule has 2 aromatic carbocycles. The van der Waals surface area contributed by atoms with Gasteiger partial charge < -0.3 is 4.74 Å². The van der Waals surface area contributed by atoms with E-state index in [9.17, 15) is 14.9 Å². The molecule has 1 amide bonds. The van der Waals surface area contributed by atoms with Gasteiger partial charge in [-0.2, -0.15) is 10.2 Å². The number of rotatable bonds is 7. The quantitative estimate of drug-likeness (QED) is 0.371. The fourth-order valence-corrected chi connectivity index (χ4v) is 2.42. The van der Waals surface area contributed by atoms with Crippen LogP contribution in [0.2, 0.25) is 0 Å². The molecule has 0 atom stereocenters. The molecule has 142 valence electrons. The van der Waals surface area contributed by atoms with Gasteiger partial charge in [0.2, 0.25) is 0 Å². The minimum Gasteiger partial charge on any atom is -0.494 e. The van der Waals surface area contributed by atoms with Crippen molar-refractivity contribution < 1.29 is 14.5 Å². The Kier molecular flexibility index (Phi) is 5.75. The lowest BCUT2D eigenvalue weighted by atomic mass is 10.1. The fraction of sp³-hybridized carbons (Fsp3) is 0.105. The van der Waals surface area contributed by atoms with Gasteiger partial charge in [-0.3, -0.25) is 20.0 Å². The molecule has 9 heteroatoms. The minimum absolute atomic E-state index is 0.0520. The van der Waals surface area contributed by atoms with Crippen molar-refractivity contribution in [1.82, 2.24) is 15.6 Å². The number of nitro groups is 1. The number of nitro benzene ring substituents is 1. The van der Waals surface area contributed by atoms with Gasteiger partial charge >= 0.3 is 0 Å². The smallest absolute Gasteiger partial charge is 0.289 e. The highest BCUT2D eigenvalue weighted by molar-refractivity contribution is 5.94. The van der Waals surface area contributed by atoms with Crippen LogP contribution in [0.3, 0.4) is 0 Å². The summed E-state index contributed by atoms with van der Waals surface area (Å²) in [6.07, 6.45) is 1.33. The van der Waals surface area contributed by atoms with Crippen molar-refractivity contribution in [3.63, 3.8) is 0 Å². The van der Waals surface area contributed by atoms with E-state index >= 15 is 0 Å². The summed E-state index contributed by atoms with van der Waals surface area (Å²) in [6, 6.07) is 14.9. The summed E-state index contributed by atoms with van der Waals surface area (Å²) < 4.78 is 5.40. The Morgan fingerprint density at radius 2 is 2.07 bits per heavy atom. The predicted molar refractivity (Wildman–Crippen MR) is 103 cm³/mol. The average Bonchev–Trinajstić information content (AvgIpc) is 3.19. The number of amides is 1. The lowest BCUT2D eigenvalue weighted by Gasteiger charge is -2.02.